The van der Waals surface area contributed by atoms with Crippen molar-refractivity contribution >= 4 is 10.9 Å². The molecule has 3 nitrogen and oxygen atoms in total. The number of halogens is 3. The van der Waals surface area contributed by atoms with Gasteiger partial charge in [-0.15, -0.1) is 0 Å². The molecular formula is C10H10F3N3. The third-order valence-corrected chi connectivity index (χ3v) is 2.27. The lowest BCUT2D eigenvalue weighted by Gasteiger charge is -2.01. The van der Waals surface area contributed by atoms with Gasteiger partial charge in [-0.05, 0) is 6.07 Å². The molecule has 0 fully saturated rings. The number of benzene rings is 1. The summed E-state index contributed by atoms with van der Waals surface area (Å²) in [5.74, 6) is 0. The van der Waals surface area contributed by atoms with Crippen LogP contribution in [0, 0.1) is 0 Å². The fourth-order valence-corrected chi connectivity index (χ4v) is 1.63. The minimum Gasteiger partial charge on any atom is -0.329 e. The first-order chi connectivity index (χ1) is 7.54. The average Bonchev–Trinajstić information content (AvgIpc) is 2.58. The molecule has 1 aromatic heterocycles. The van der Waals surface area contributed by atoms with E-state index in [4.69, 9.17) is 5.73 Å². The standard InChI is InChI=1S/C10H10F3N3/c11-10(12,13)9-7-3-1-2-4-8(7)16(15-9)6-5-14/h1-4H,5-6,14H2. The number of para-hydroxylation sites is 1. The van der Waals surface area contributed by atoms with E-state index in [-0.39, 0.29) is 18.5 Å². The number of hydrogen-bond donors (Lipinski definition) is 1. The van der Waals surface area contributed by atoms with Gasteiger partial charge in [-0.25, -0.2) is 0 Å². The molecule has 0 saturated carbocycles. The number of nitrogens with two attached hydrogens (primary N) is 1. The molecule has 86 valence electrons. The summed E-state index contributed by atoms with van der Waals surface area (Å²) in [6.07, 6.45) is -4.43. The van der Waals surface area contributed by atoms with Crippen molar-refractivity contribution in [2.24, 2.45) is 5.73 Å². The van der Waals surface area contributed by atoms with E-state index in [1.807, 2.05) is 0 Å². The number of alkyl halides is 3. The molecule has 2 aromatic rings. The van der Waals surface area contributed by atoms with Gasteiger partial charge >= 0.3 is 6.18 Å². The van der Waals surface area contributed by atoms with E-state index in [1.165, 1.54) is 10.7 Å². The molecule has 16 heavy (non-hydrogen) atoms. The van der Waals surface area contributed by atoms with Crippen molar-refractivity contribution in [2.75, 3.05) is 6.54 Å². The lowest BCUT2D eigenvalue weighted by atomic mass is 10.2. The number of aromatic nitrogens is 2. The number of fused-ring (bicyclic) bond motifs is 1. The fraction of sp³-hybridized carbons (Fsp3) is 0.300. The van der Waals surface area contributed by atoms with Crippen LogP contribution < -0.4 is 5.73 Å². The van der Waals surface area contributed by atoms with Crippen LogP contribution in [0.3, 0.4) is 0 Å². The zero-order valence-corrected chi connectivity index (χ0v) is 8.33. The van der Waals surface area contributed by atoms with Crippen molar-refractivity contribution in [3.05, 3.63) is 30.0 Å². The molecule has 0 atom stereocenters. The molecule has 0 aliphatic carbocycles. The summed E-state index contributed by atoms with van der Waals surface area (Å²) in [7, 11) is 0. The summed E-state index contributed by atoms with van der Waals surface area (Å²) >= 11 is 0. The molecule has 0 aliphatic heterocycles. The lowest BCUT2D eigenvalue weighted by Crippen LogP contribution is -2.13. The van der Waals surface area contributed by atoms with Crippen LogP contribution in [-0.2, 0) is 12.7 Å². The van der Waals surface area contributed by atoms with Gasteiger partial charge in [0.25, 0.3) is 0 Å². The molecule has 2 N–H and O–H groups in total. The molecule has 1 heterocycles. The fourth-order valence-electron chi connectivity index (χ4n) is 1.63. The molecule has 0 bridgehead atoms. The summed E-state index contributed by atoms with van der Waals surface area (Å²) in [6.45, 7) is 0.527. The Balaban J connectivity index is 2.67. The molecule has 0 unspecified atom stereocenters. The van der Waals surface area contributed by atoms with Crippen LogP contribution in [0.1, 0.15) is 5.69 Å². The van der Waals surface area contributed by atoms with Gasteiger partial charge in [-0.2, -0.15) is 18.3 Å². The Bertz CT molecular complexity index is 501. The normalized spacial score (nSPS) is 12.2. The largest absolute Gasteiger partial charge is 0.435 e. The molecule has 6 heteroatoms. The first-order valence-corrected chi connectivity index (χ1v) is 4.77. The van der Waals surface area contributed by atoms with E-state index in [1.54, 1.807) is 18.2 Å². The van der Waals surface area contributed by atoms with E-state index in [0.29, 0.717) is 5.52 Å². The van der Waals surface area contributed by atoms with Crippen LogP contribution in [0.25, 0.3) is 10.9 Å². The molecule has 0 amide bonds. The third-order valence-electron chi connectivity index (χ3n) is 2.27. The van der Waals surface area contributed by atoms with Crippen molar-refractivity contribution in [3.8, 4) is 0 Å². The van der Waals surface area contributed by atoms with Gasteiger partial charge in [0.2, 0.25) is 0 Å². The lowest BCUT2D eigenvalue weighted by molar-refractivity contribution is -0.140. The minimum atomic E-state index is -4.43. The molecule has 0 aliphatic rings. The first-order valence-electron chi connectivity index (χ1n) is 4.77. The van der Waals surface area contributed by atoms with Gasteiger partial charge in [0.05, 0.1) is 12.1 Å². The first kappa shape index (κ1) is 10.9. The van der Waals surface area contributed by atoms with Crippen LogP contribution in [0.15, 0.2) is 24.3 Å². The third kappa shape index (κ3) is 1.76. The maximum absolute atomic E-state index is 12.7. The number of nitrogens with zero attached hydrogens (tertiary/aromatic N) is 2. The summed E-state index contributed by atoms with van der Waals surface area (Å²) in [4.78, 5) is 0. The summed E-state index contributed by atoms with van der Waals surface area (Å²) in [5, 5.41) is 3.68. The average molecular weight is 229 g/mol. The van der Waals surface area contributed by atoms with Crippen LogP contribution in [-0.4, -0.2) is 16.3 Å². The Morgan fingerprint density at radius 2 is 1.94 bits per heavy atom. The predicted molar refractivity (Wildman–Crippen MR) is 53.8 cm³/mol. The minimum absolute atomic E-state index is 0.114. The van der Waals surface area contributed by atoms with Crippen molar-refractivity contribution < 1.29 is 13.2 Å². The van der Waals surface area contributed by atoms with Crippen LogP contribution in [0.5, 0.6) is 0 Å². The topological polar surface area (TPSA) is 43.8 Å². The predicted octanol–water partition coefficient (Wildman–Crippen LogP) is 2.01. The zero-order chi connectivity index (χ0) is 11.8. The van der Waals surface area contributed by atoms with E-state index in [9.17, 15) is 13.2 Å². The summed E-state index contributed by atoms with van der Waals surface area (Å²) in [6, 6.07) is 6.26. The second-order valence-corrected chi connectivity index (χ2v) is 3.38. The molecule has 0 radical (unpaired) electrons. The highest BCUT2D eigenvalue weighted by Gasteiger charge is 2.36. The Labute approximate surface area is 89.7 Å². The Kier molecular flexibility index (Phi) is 2.59. The second-order valence-electron chi connectivity index (χ2n) is 3.38. The van der Waals surface area contributed by atoms with E-state index < -0.39 is 11.9 Å². The monoisotopic (exact) mass is 229 g/mol. The number of hydrogen-bond acceptors (Lipinski definition) is 2. The maximum Gasteiger partial charge on any atom is 0.435 e. The van der Waals surface area contributed by atoms with Gasteiger partial charge in [0, 0.05) is 11.9 Å². The van der Waals surface area contributed by atoms with Gasteiger partial charge in [-0.1, -0.05) is 18.2 Å². The molecule has 0 saturated heterocycles. The second kappa shape index (κ2) is 3.79. The van der Waals surface area contributed by atoms with Crippen molar-refractivity contribution in [2.45, 2.75) is 12.7 Å². The van der Waals surface area contributed by atoms with Gasteiger partial charge < -0.3 is 5.73 Å². The highest BCUT2D eigenvalue weighted by Crippen LogP contribution is 2.33. The Morgan fingerprint density at radius 1 is 1.25 bits per heavy atom. The van der Waals surface area contributed by atoms with E-state index in [0.717, 1.165) is 0 Å². The highest BCUT2D eigenvalue weighted by atomic mass is 19.4. The molecule has 1 aromatic carbocycles. The van der Waals surface area contributed by atoms with Crippen molar-refractivity contribution in [3.63, 3.8) is 0 Å². The van der Waals surface area contributed by atoms with Gasteiger partial charge in [-0.3, -0.25) is 4.68 Å². The summed E-state index contributed by atoms with van der Waals surface area (Å²) < 4.78 is 39.3. The van der Waals surface area contributed by atoms with Gasteiger partial charge in [0.15, 0.2) is 5.69 Å². The van der Waals surface area contributed by atoms with Gasteiger partial charge in [0.1, 0.15) is 0 Å². The van der Waals surface area contributed by atoms with Crippen LogP contribution in [0.4, 0.5) is 13.2 Å². The Hall–Kier alpha value is -1.56. The SMILES string of the molecule is NCCn1nc(C(F)(F)F)c2ccccc21. The van der Waals surface area contributed by atoms with Crippen LogP contribution in [0.2, 0.25) is 0 Å². The highest BCUT2D eigenvalue weighted by molar-refractivity contribution is 5.82. The summed E-state index contributed by atoms with van der Waals surface area (Å²) in [5.41, 5.74) is 4.94. The molecule has 0 spiro atoms. The maximum atomic E-state index is 12.7. The Morgan fingerprint density at radius 3 is 2.56 bits per heavy atom. The van der Waals surface area contributed by atoms with Crippen LogP contribution >= 0.6 is 0 Å². The van der Waals surface area contributed by atoms with E-state index in [2.05, 4.69) is 5.10 Å². The quantitative estimate of drug-likeness (QED) is 0.856. The molecule has 2 rings (SSSR count). The zero-order valence-electron chi connectivity index (χ0n) is 8.33. The molecular weight excluding hydrogens is 219 g/mol. The van der Waals surface area contributed by atoms with E-state index >= 15 is 0 Å². The smallest absolute Gasteiger partial charge is 0.329 e. The van der Waals surface area contributed by atoms with Crippen molar-refractivity contribution in [1.29, 1.82) is 0 Å². The van der Waals surface area contributed by atoms with Crippen molar-refractivity contribution in [1.82, 2.24) is 9.78 Å². The number of rotatable bonds is 2.